The minimum Gasteiger partial charge on any atom is -0.289 e. The fourth-order valence-corrected chi connectivity index (χ4v) is 1.68. The highest BCUT2D eigenvalue weighted by atomic mass is 19.2. The van der Waals surface area contributed by atoms with Crippen molar-refractivity contribution in [3.63, 3.8) is 0 Å². The van der Waals surface area contributed by atoms with Crippen LogP contribution >= 0.6 is 0 Å². The summed E-state index contributed by atoms with van der Waals surface area (Å²) >= 11 is 0. The summed E-state index contributed by atoms with van der Waals surface area (Å²) in [7, 11) is 0. The van der Waals surface area contributed by atoms with Gasteiger partial charge >= 0.3 is 0 Å². The molecule has 1 aromatic rings. The second-order valence-corrected chi connectivity index (χ2v) is 3.60. The molecule has 0 aromatic heterocycles. The number of carbonyl (C=O) groups excluding carboxylic acids is 1. The van der Waals surface area contributed by atoms with Gasteiger partial charge in [0.15, 0.2) is 11.6 Å². The lowest BCUT2D eigenvalue weighted by atomic mass is 10.1. The summed E-state index contributed by atoms with van der Waals surface area (Å²) in [4.78, 5) is 11.0. The van der Waals surface area contributed by atoms with Crippen molar-refractivity contribution in [1.29, 1.82) is 0 Å². The maximum absolute atomic E-state index is 12.9. The predicted molar refractivity (Wildman–Crippen MR) is 47.1 cm³/mol. The highest BCUT2D eigenvalue weighted by molar-refractivity contribution is 5.81. The number of benzene rings is 1. The van der Waals surface area contributed by atoms with Gasteiger partial charge in [-0.2, -0.15) is 0 Å². The highest BCUT2D eigenvalue weighted by Crippen LogP contribution is 2.47. The fraction of sp³-hybridized carbons (Fsp3) is 0.300. The molecule has 2 N–H and O–H groups in total. The molecule has 2 atom stereocenters. The van der Waals surface area contributed by atoms with Crippen LogP contribution in [-0.4, -0.2) is 11.1 Å². The van der Waals surface area contributed by atoms with Crippen LogP contribution in [0.2, 0.25) is 0 Å². The molecule has 0 aliphatic heterocycles. The van der Waals surface area contributed by atoms with Crippen molar-refractivity contribution >= 4 is 5.91 Å². The van der Waals surface area contributed by atoms with E-state index in [1.54, 1.807) is 5.48 Å². The van der Waals surface area contributed by atoms with Crippen molar-refractivity contribution in [3.05, 3.63) is 35.4 Å². The number of hydrogen-bond acceptors (Lipinski definition) is 2. The Kier molecular flexibility index (Phi) is 2.40. The van der Waals surface area contributed by atoms with Crippen molar-refractivity contribution in [2.45, 2.75) is 12.3 Å². The molecule has 1 aliphatic rings. The van der Waals surface area contributed by atoms with E-state index in [-0.39, 0.29) is 11.8 Å². The standard InChI is InChI=1S/C10H9F2NO2/c11-8-2-1-5(3-9(8)12)6-4-7(6)10(14)13-15/h1-3,6-7,15H,4H2,(H,13,14)/t6-,7+/m0/s1. The molecule has 80 valence electrons. The number of carbonyl (C=O) groups is 1. The molecule has 1 saturated carbocycles. The van der Waals surface area contributed by atoms with Crippen LogP contribution in [0.15, 0.2) is 18.2 Å². The zero-order valence-corrected chi connectivity index (χ0v) is 7.71. The third-order valence-corrected chi connectivity index (χ3v) is 2.61. The summed E-state index contributed by atoms with van der Waals surface area (Å²) in [6, 6.07) is 3.58. The first kappa shape index (κ1) is 10.0. The van der Waals surface area contributed by atoms with Crippen molar-refractivity contribution < 1.29 is 18.8 Å². The lowest BCUT2D eigenvalue weighted by Crippen LogP contribution is -2.20. The number of amides is 1. The van der Waals surface area contributed by atoms with Gasteiger partial charge in [-0.05, 0) is 30.0 Å². The van der Waals surface area contributed by atoms with E-state index in [1.165, 1.54) is 6.07 Å². The van der Waals surface area contributed by atoms with Crippen LogP contribution in [0, 0.1) is 17.6 Å². The Morgan fingerprint density at radius 3 is 2.73 bits per heavy atom. The number of rotatable bonds is 2. The van der Waals surface area contributed by atoms with E-state index in [0.29, 0.717) is 12.0 Å². The van der Waals surface area contributed by atoms with E-state index in [1.807, 2.05) is 0 Å². The molecule has 5 heteroatoms. The lowest BCUT2D eigenvalue weighted by molar-refractivity contribution is -0.130. The van der Waals surface area contributed by atoms with E-state index in [0.717, 1.165) is 12.1 Å². The van der Waals surface area contributed by atoms with Gasteiger partial charge in [0.1, 0.15) is 0 Å². The van der Waals surface area contributed by atoms with Crippen LogP contribution in [0.3, 0.4) is 0 Å². The Morgan fingerprint density at radius 1 is 1.40 bits per heavy atom. The Bertz CT molecular complexity index is 408. The summed E-state index contributed by atoms with van der Waals surface area (Å²) in [6.45, 7) is 0. The summed E-state index contributed by atoms with van der Waals surface area (Å²) in [5.74, 6) is -2.75. The van der Waals surface area contributed by atoms with Crippen molar-refractivity contribution in [2.75, 3.05) is 0 Å². The number of hydrogen-bond donors (Lipinski definition) is 2. The highest BCUT2D eigenvalue weighted by Gasteiger charge is 2.44. The number of hydroxylamine groups is 1. The second kappa shape index (κ2) is 3.58. The van der Waals surface area contributed by atoms with Crippen molar-refractivity contribution in [3.8, 4) is 0 Å². The topological polar surface area (TPSA) is 49.3 Å². The van der Waals surface area contributed by atoms with Crippen LogP contribution in [0.1, 0.15) is 17.9 Å². The van der Waals surface area contributed by atoms with Gasteiger partial charge in [-0.1, -0.05) is 6.07 Å². The van der Waals surface area contributed by atoms with Crippen LogP contribution in [-0.2, 0) is 4.79 Å². The lowest BCUT2D eigenvalue weighted by Gasteiger charge is -2.00. The SMILES string of the molecule is O=C(NO)[C@@H]1C[C@H]1c1ccc(F)c(F)c1. The van der Waals surface area contributed by atoms with Gasteiger partial charge in [0.2, 0.25) is 5.91 Å². The Balaban J connectivity index is 2.13. The molecule has 1 aliphatic carbocycles. The average Bonchev–Trinajstić information content (AvgIpc) is 3.01. The summed E-state index contributed by atoms with van der Waals surface area (Å²) < 4.78 is 25.5. The average molecular weight is 213 g/mol. The quantitative estimate of drug-likeness (QED) is 0.578. The molecule has 0 unspecified atom stereocenters. The second-order valence-electron chi connectivity index (χ2n) is 3.60. The summed E-state index contributed by atoms with van der Waals surface area (Å²) in [5.41, 5.74) is 2.13. The van der Waals surface area contributed by atoms with E-state index in [9.17, 15) is 13.6 Å². The molecule has 0 radical (unpaired) electrons. The fourth-order valence-electron chi connectivity index (χ4n) is 1.68. The van der Waals surface area contributed by atoms with Gasteiger partial charge in [0, 0.05) is 5.92 Å². The third-order valence-electron chi connectivity index (χ3n) is 2.61. The van der Waals surface area contributed by atoms with Crippen LogP contribution < -0.4 is 5.48 Å². The molecule has 1 fully saturated rings. The van der Waals surface area contributed by atoms with Crippen LogP contribution in [0.5, 0.6) is 0 Å². The van der Waals surface area contributed by atoms with E-state index < -0.39 is 17.5 Å². The van der Waals surface area contributed by atoms with Gasteiger partial charge < -0.3 is 0 Å². The molecule has 1 amide bonds. The van der Waals surface area contributed by atoms with E-state index in [2.05, 4.69) is 0 Å². The van der Waals surface area contributed by atoms with Gasteiger partial charge in [0.25, 0.3) is 0 Å². The maximum Gasteiger partial charge on any atom is 0.247 e. The smallest absolute Gasteiger partial charge is 0.247 e. The normalized spacial score (nSPS) is 23.7. The van der Waals surface area contributed by atoms with Gasteiger partial charge in [-0.15, -0.1) is 0 Å². The third kappa shape index (κ3) is 1.83. The Labute approximate surface area is 84.7 Å². The van der Waals surface area contributed by atoms with Gasteiger partial charge in [-0.3, -0.25) is 10.0 Å². The first-order valence-corrected chi connectivity index (χ1v) is 4.52. The van der Waals surface area contributed by atoms with Crippen LogP contribution in [0.25, 0.3) is 0 Å². The van der Waals surface area contributed by atoms with Crippen molar-refractivity contribution in [1.82, 2.24) is 5.48 Å². The molecule has 1 aromatic carbocycles. The first-order chi connectivity index (χ1) is 7.13. The largest absolute Gasteiger partial charge is 0.289 e. The van der Waals surface area contributed by atoms with Crippen molar-refractivity contribution in [2.24, 2.45) is 5.92 Å². The number of nitrogens with one attached hydrogen (secondary N) is 1. The minimum atomic E-state index is -0.914. The zero-order valence-electron chi connectivity index (χ0n) is 7.71. The zero-order chi connectivity index (χ0) is 11.0. The predicted octanol–water partition coefficient (Wildman–Crippen LogP) is 1.57. The summed E-state index contributed by atoms with van der Waals surface area (Å²) in [6.07, 6.45) is 0.553. The van der Waals surface area contributed by atoms with Gasteiger partial charge in [-0.25, -0.2) is 14.3 Å². The Morgan fingerprint density at radius 2 is 2.13 bits per heavy atom. The molecule has 0 spiro atoms. The van der Waals surface area contributed by atoms with Gasteiger partial charge in [0.05, 0.1) is 0 Å². The number of halogens is 2. The van der Waals surface area contributed by atoms with E-state index >= 15 is 0 Å². The minimum absolute atomic E-state index is 0.118. The molecule has 2 rings (SSSR count). The van der Waals surface area contributed by atoms with E-state index in [4.69, 9.17) is 5.21 Å². The molecule has 3 nitrogen and oxygen atoms in total. The molecule has 0 bridgehead atoms. The van der Waals surface area contributed by atoms with Crippen LogP contribution in [0.4, 0.5) is 8.78 Å². The molecular formula is C10H9F2NO2. The monoisotopic (exact) mass is 213 g/mol. The maximum atomic E-state index is 12.9. The molecular weight excluding hydrogens is 204 g/mol. The first-order valence-electron chi connectivity index (χ1n) is 4.52. The summed E-state index contributed by atoms with van der Waals surface area (Å²) in [5, 5.41) is 8.37. The Hall–Kier alpha value is -1.49. The molecule has 0 heterocycles. The molecule has 0 saturated heterocycles. The molecule has 15 heavy (non-hydrogen) atoms.